The van der Waals surface area contributed by atoms with Gasteiger partial charge in [-0.25, -0.2) is 0 Å². The van der Waals surface area contributed by atoms with Crippen molar-refractivity contribution in [3.05, 3.63) is 47.4 Å². The highest BCUT2D eigenvalue weighted by atomic mass is 32.1. The number of aliphatic hydroxyl groups excluding tert-OH is 2. The monoisotopic (exact) mass is 416 g/mol. The predicted octanol–water partition coefficient (Wildman–Crippen LogP) is 5.69. The van der Waals surface area contributed by atoms with Crippen molar-refractivity contribution in [1.82, 2.24) is 0 Å². The van der Waals surface area contributed by atoms with E-state index in [1.165, 1.54) is 10.1 Å². The Hall–Kier alpha value is -1.69. The van der Waals surface area contributed by atoms with E-state index in [1.807, 2.05) is 12.1 Å². The van der Waals surface area contributed by atoms with Crippen LogP contribution in [0.5, 0.6) is 0 Å². The van der Waals surface area contributed by atoms with Crippen LogP contribution >= 0.6 is 11.3 Å². The Morgan fingerprint density at radius 3 is 2.69 bits per heavy atom. The highest BCUT2D eigenvalue weighted by Gasteiger charge is 2.37. The third-order valence-corrected chi connectivity index (χ3v) is 7.43. The van der Waals surface area contributed by atoms with Gasteiger partial charge < -0.3 is 15.3 Å². The van der Waals surface area contributed by atoms with Crippen molar-refractivity contribution in [2.24, 2.45) is 11.8 Å². The average Bonchev–Trinajstić information content (AvgIpc) is 3.23. The summed E-state index contributed by atoms with van der Waals surface area (Å²) >= 11 is 1.64. The molecule has 1 aromatic heterocycles. The van der Waals surface area contributed by atoms with Crippen LogP contribution in [0.1, 0.15) is 68.8 Å². The molecule has 0 saturated heterocycles. The van der Waals surface area contributed by atoms with Crippen LogP contribution in [0.25, 0.3) is 10.1 Å². The lowest BCUT2D eigenvalue weighted by atomic mass is 9.84. The normalized spacial score (nSPS) is 23.0. The summed E-state index contributed by atoms with van der Waals surface area (Å²) in [4.78, 5) is 11.6. The molecular weight excluding hydrogens is 384 g/mol. The van der Waals surface area contributed by atoms with Gasteiger partial charge in [0.25, 0.3) is 0 Å². The maximum atomic E-state index is 10.7. The fourth-order valence-corrected chi connectivity index (χ4v) is 5.69. The molecule has 0 aliphatic heterocycles. The molecule has 1 saturated carbocycles. The summed E-state index contributed by atoms with van der Waals surface area (Å²) in [5.41, 5.74) is 1.13. The summed E-state index contributed by atoms with van der Waals surface area (Å²) in [6, 6.07) is 10.2. The molecule has 1 aromatic carbocycles. The molecule has 0 spiro atoms. The molecule has 29 heavy (non-hydrogen) atoms. The van der Waals surface area contributed by atoms with Gasteiger partial charge in [-0.1, -0.05) is 49.6 Å². The van der Waals surface area contributed by atoms with Crippen LogP contribution in [-0.4, -0.2) is 27.4 Å². The largest absolute Gasteiger partial charge is 0.481 e. The number of benzene rings is 1. The van der Waals surface area contributed by atoms with Gasteiger partial charge in [0.05, 0.1) is 12.2 Å². The number of hydrogen-bond donors (Lipinski definition) is 3. The molecule has 1 aliphatic rings. The second-order valence-electron chi connectivity index (χ2n) is 8.33. The van der Waals surface area contributed by atoms with Crippen molar-refractivity contribution in [1.29, 1.82) is 0 Å². The van der Waals surface area contributed by atoms with Gasteiger partial charge in [0.15, 0.2) is 0 Å². The molecule has 3 rings (SSSR count). The lowest BCUT2D eigenvalue weighted by Crippen LogP contribution is -2.20. The Labute approximate surface area is 176 Å². The zero-order valence-corrected chi connectivity index (χ0v) is 17.7. The minimum absolute atomic E-state index is 0.158. The van der Waals surface area contributed by atoms with Crippen LogP contribution in [0.4, 0.5) is 0 Å². The summed E-state index contributed by atoms with van der Waals surface area (Å²) < 4.78 is 1.19. The molecule has 0 amide bonds. The lowest BCUT2D eigenvalue weighted by molar-refractivity contribution is -0.137. The second kappa shape index (κ2) is 10.4. The molecule has 0 radical (unpaired) electrons. The molecule has 1 fully saturated rings. The SMILES string of the molecule is C=C1C[C@@H](O)[C@H](CC[C@@H](O)c2cc3ccccc3s2)[C@H]1CCCCCCC(=O)O. The van der Waals surface area contributed by atoms with Crippen molar-refractivity contribution in [3.8, 4) is 0 Å². The summed E-state index contributed by atoms with van der Waals surface area (Å²) in [6.45, 7) is 4.19. The molecule has 1 aliphatic carbocycles. The number of thiophene rings is 1. The van der Waals surface area contributed by atoms with E-state index >= 15 is 0 Å². The lowest BCUT2D eigenvalue weighted by Gasteiger charge is -2.23. The zero-order chi connectivity index (χ0) is 20.8. The molecule has 0 bridgehead atoms. The molecule has 5 heteroatoms. The summed E-state index contributed by atoms with van der Waals surface area (Å²) in [6.07, 6.45) is 6.19. The van der Waals surface area contributed by atoms with Crippen molar-refractivity contribution >= 4 is 27.4 Å². The van der Waals surface area contributed by atoms with E-state index in [9.17, 15) is 15.0 Å². The number of unbranched alkanes of at least 4 members (excludes halogenated alkanes) is 3. The molecule has 4 nitrogen and oxygen atoms in total. The third-order valence-electron chi connectivity index (χ3n) is 6.21. The number of fused-ring (bicyclic) bond motifs is 1. The first-order valence-corrected chi connectivity index (χ1v) is 11.5. The van der Waals surface area contributed by atoms with Crippen LogP contribution in [0.15, 0.2) is 42.5 Å². The van der Waals surface area contributed by atoms with Gasteiger partial charge >= 0.3 is 5.97 Å². The van der Waals surface area contributed by atoms with Crippen LogP contribution < -0.4 is 0 Å². The first-order valence-electron chi connectivity index (χ1n) is 10.7. The molecule has 4 atom stereocenters. The minimum atomic E-state index is -0.727. The van der Waals surface area contributed by atoms with E-state index in [4.69, 9.17) is 5.11 Å². The van der Waals surface area contributed by atoms with E-state index in [-0.39, 0.29) is 18.4 Å². The number of aliphatic carboxylic acids is 1. The van der Waals surface area contributed by atoms with Crippen molar-refractivity contribution in [2.75, 3.05) is 0 Å². The standard InChI is InChI=1S/C24H32O4S/c1-16-14-21(26)19(18(16)9-4-2-3-5-11-24(27)28)12-13-20(25)23-15-17-8-6-7-10-22(17)29-23/h6-8,10,15,18-21,25-26H,1-5,9,11-14H2,(H,27,28)/t18-,19+,20+,21+/m0/s1. The number of carboxylic acid groups (broad SMARTS) is 1. The maximum absolute atomic E-state index is 10.7. The minimum Gasteiger partial charge on any atom is -0.481 e. The second-order valence-corrected chi connectivity index (χ2v) is 9.44. The Bertz CT molecular complexity index is 794. The first-order chi connectivity index (χ1) is 14.0. The number of rotatable bonds is 11. The predicted molar refractivity (Wildman–Crippen MR) is 118 cm³/mol. The fourth-order valence-electron chi connectivity index (χ4n) is 4.61. The van der Waals surface area contributed by atoms with Gasteiger partial charge in [-0.2, -0.15) is 0 Å². The molecule has 2 aromatic rings. The molecule has 0 unspecified atom stereocenters. The smallest absolute Gasteiger partial charge is 0.303 e. The zero-order valence-electron chi connectivity index (χ0n) is 16.9. The van der Waals surface area contributed by atoms with Gasteiger partial charge in [0.1, 0.15) is 0 Å². The molecule has 158 valence electrons. The van der Waals surface area contributed by atoms with Crippen molar-refractivity contribution in [2.45, 2.75) is 70.0 Å². The van der Waals surface area contributed by atoms with Crippen LogP contribution in [-0.2, 0) is 4.79 Å². The van der Waals surface area contributed by atoms with Gasteiger partial charge in [0, 0.05) is 16.0 Å². The Balaban J connectivity index is 1.49. The Morgan fingerprint density at radius 1 is 1.17 bits per heavy atom. The first kappa shape index (κ1) is 22.0. The summed E-state index contributed by atoms with van der Waals surface area (Å²) in [5.74, 6) is -0.265. The average molecular weight is 417 g/mol. The molecule has 3 N–H and O–H groups in total. The molecular formula is C24H32O4S. The molecule has 1 heterocycles. The fraction of sp³-hybridized carbons (Fsp3) is 0.542. The van der Waals surface area contributed by atoms with Crippen LogP contribution in [0.2, 0.25) is 0 Å². The van der Waals surface area contributed by atoms with E-state index in [1.54, 1.807) is 11.3 Å². The van der Waals surface area contributed by atoms with Gasteiger partial charge in [0.2, 0.25) is 0 Å². The van der Waals surface area contributed by atoms with Gasteiger partial charge in [-0.05, 0) is 61.5 Å². The number of hydrogen-bond acceptors (Lipinski definition) is 4. The highest BCUT2D eigenvalue weighted by molar-refractivity contribution is 7.19. The van der Waals surface area contributed by atoms with Crippen LogP contribution in [0.3, 0.4) is 0 Å². The van der Waals surface area contributed by atoms with Gasteiger partial charge in [-0.3, -0.25) is 4.79 Å². The van der Waals surface area contributed by atoms with Crippen LogP contribution in [0, 0.1) is 11.8 Å². The Kier molecular flexibility index (Phi) is 7.87. The Morgan fingerprint density at radius 2 is 1.93 bits per heavy atom. The quantitative estimate of drug-likeness (QED) is 0.325. The van der Waals surface area contributed by atoms with Gasteiger partial charge in [-0.15, -0.1) is 11.3 Å². The van der Waals surface area contributed by atoms with Crippen molar-refractivity contribution in [3.63, 3.8) is 0 Å². The van der Waals surface area contributed by atoms with Crippen molar-refractivity contribution < 1.29 is 20.1 Å². The topological polar surface area (TPSA) is 77.8 Å². The summed E-state index contributed by atoms with van der Waals surface area (Å²) in [5, 5.41) is 31.1. The number of carbonyl (C=O) groups is 1. The summed E-state index contributed by atoms with van der Waals surface area (Å²) in [7, 11) is 0. The number of carboxylic acids is 1. The van der Waals surface area contributed by atoms with E-state index in [0.29, 0.717) is 18.8 Å². The highest BCUT2D eigenvalue weighted by Crippen LogP contribution is 2.43. The maximum Gasteiger partial charge on any atom is 0.303 e. The van der Waals surface area contributed by atoms with E-state index in [0.717, 1.165) is 49.0 Å². The third kappa shape index (κ3) is 5.91. The number of aliphatic hydroxyl groups is 2. The van der Waals surface area contributed by atoms with E-state index < -0.39 is 12.1 Å². The van der Waals surface area contributed by atoms with E-state index in [2.05, 4.69) is 24.8 Å².